The number of benzene rings is 11. The average Bonchev–Trinajstić information content (AvgIpc) is 3.37. The largest absolute Gasteiger partial charge is 0.311 e. The molecule has 0 radical (unpaired) electrons. The summed E-state index contributed by atoms with van der Waals surface area (Å²) < 4.78 is 0. The van der Waals surface area contributed by atoms with Gasteiger partial charge in [0.2, 0.25) is 0 Å². The third-order valence-corrected chi connectivity index (χ3v) is 12.3. The van der Waals surface area contributed by atoms with Crippen LogP contribution in [0.3, 0.4) is 0 Å². The molecule has 0 fully saturated rings. The highest BCUT2D eigenvalue weighted by Gasteiger charge is 2.16. The zero-order valence-electron chi connectivity index (χ0n) is 34.8. The van der Waals surface area contributed by atoms with Gasteiger partial charge >= 0.3 is 0 Å². The molecule has 0 heterocycles. The number of hydrogen-bond donors (Lipinski definition) is 0. The van der Waals surface area contributed by atoms with E-state index in [1.165, 1.54) is 88.3 Å². The fourth-order valence-corrected chi connectivity index (χ4v) is 8.99. The molecule has 63 heavy (non-hydrogen) atoms. The minimum atomic E-state index is 1.09. The van der Waals surface area contributed by atoms with Gasteiger partial charge in [0.1, 0.15) is 0 Å². The van der Waals surface area contributed by atoms with Crippen LogP contribution >= 0.6 is 0 Å². The second kappa shape index (κ2) is 16.7. The van der Waals surface area contributed by atoms with Crippen LogP contribution in [0, 0.1) is 0 Å². The maximum Gasteiger partial charge on any atom is 0.0462 e. The molecule has 0 unspecified atom stereocenters. The fraction of sp³-hybridized carbons (Fsp3) is 0. The maximum atomic E-state index is 2.36. The molecule has 11 aromatic carbocycles. The summed E-state index contributed by atoms with van der Waals surface area (Å²) in [5.74, 6) is 0. The number of hydrogen-bond acceptors (Lipinski definition) is 1. The van der Waals surface area contributed by atoms with Gasteiger partial charge in [-0.15, -0.1) is 0 Å². The van der Waals surface area contributed by atoms with Crippen molar-refractivity contribution in [3.63, 3.8) is 0 Å². The highest BCUT2D eigenvalue weighted by atomic mass is 15.1. The SMILES string of the molecule is c1ccc(-c2ccc(N(c3ccc(-c4ccc(-c5cccc6ccccc56)cc4)cc3)c3ccc(-c4cc(-c5ccc6ccccc6c5)ccc4-c4ccccc4)cc3)cc2)cc1. The monoisotopic (exact) mass is 801 g/mol. The first-order chi connectivity index (χ1) is 31.2. The van der Waals surface area contributed by atoms with Gasteiger partial charge in [-0.3, -0.25) is 0 Å². The van der Waals surface area contributed by atoms with Crippen molar-refractivity contribution in [1.29, 1.82) is 0 Å². The lowest BCUT2D eigenvalue weighted by Gasteiger charge is -2.26. The molecule has 0 bridgehead atoms. The van der Waals surface area contributed by atoms with Gasteiger partial charge in [0.15, 0.2) is 0 Å². The molecule has 0 amide bonds. The standard InChI is InChI=1S/C62H43N/c1-3-12-44(13-4-1)47-28-35-56(36-29-47)63(57-37-30-48(31-38-57)46-22-25-51(26-23-46)60-21-11-19-50-17-9-10-20-59(50)60)58-39-32-52(33-40-58)62-43-55(34-41-61(62)49-15-5-2-6-16-49)54-27-24-45-14-7-8-18-53(45)42-54/h1-43H. The van der Waals surface area contributed by atoms with Gasteiger partial charge < -0.3 is 4.90 Å². The van der Waals surface area contributed by atoms with Crippen molar-refractivity contribution >= 4 is 38.6 Å². The maximum absolute atomic E-state index is 2.36. The van der Waals surface area contributed by atoms with Crippen LogP contribution in [0.4, 0.5) is 17.1 Å². The molecule has 0 saturated carbocycles. The Morgan fingerprint density at radius 1 is 0.190 bits per heavy atom. The van der Waals surface area contributed by atoms with E-state index in [-0.39, 0.29) is 0 Å². The van der Waals surface area contributed by atoms with E-state index in [2.05, 4.69) is 266 Å². The minimum Gasteiger partial charge on any atom is -0.311 e. The van der Waals surface area contributed by atoms with Crippen LogP contribution in [0.25, 0.3) is 88.3 Å². The molecule has 1 heteroatoms. The molecule has 11 rings (SSSR count). The van der Waals surface area contributed by atoms with E-state index >= 15 is 0 Å². The molecule has 0 N–H and O–H groups in total. The van der Waals surface area contributed by atoms with Gasteiger partial charge in [-0.25, -0.2) is 0 Å². The number of anilines is 3. The molecule has 296 valence electrons. The molecule has 0 spiro atoms. The third-order valence-electron chi connectivity index (χ3n) is 12.3. The molecular formula is C62H43N. The van der Waals surface area contributed by atoms with Crippen LogP contribution in [-0.4, -0.2) is 0 Å². The predicted octanol–water partition coefficient (Wildman–Crippen LogP) is 17.5. The van der Waals surface area contributed by atoms with Gasteiger partial charge in [0, 0.05) is 17.1 Å². The van der Waals surface area contributed by atoms with E-state index in [1.54, 1.807) is 0 Å². The average molecular weight is 802 g/mol. The summed E-state index contributed by atoms with van der Waals surface area (Å²) in [6.45, 7) is 0. The Morgan fingerprint density at radius 3 is 1.22 bits per heavy atom. The van der Waals surface area contributed by atoms with Crippen LogP contribution in [0.5, 0.6) is 0 Å². The van der Waals surface area contributed by atoms with Crippen LogP contribution in [0.15, 0.2) is 261 Å². The predicted molar refractivity (Wildman–Crippen MR) is 269 cm³/mol. The van der Waals surface area contributed by atoms with Crippen molar-refractivity contribution in [2.45, 2.75) is 0 Å². The Balaban J connectivity index is 0.956. The fourth-order valence-electron chi connectivity index (χ4n) is 8.99. The highest BCUT2D eigenvalue weighted by molar-refractivity contribution is 5.97. The van der Waals surface area contributed by atoms with Crippen LogP contribution in [-0.2, 0) is 0 Å². The van der Waals surface area contributed by atoms with Crippen LogP contribution < -0.4 is 4.90 Å². The van der Waals surface area contributed by atoms with Gasteiger partial charge in [-0.2, -0.15) is 0 Å². The molecule has 0 atom stereocenters. The van der Waals surface area contributed by atoms with E-state index in [9.17, 15) is 0 Å². The lowest BCUT2D eigenvalue weighted by atomic mass is 9.90. The number of fused-ring (bicyclic) bond motifs is 2. The number of nitrogens with zero attached hydrogens (tertiary/aromatic N) is 1. The van der Waals surface area contributed by atoms with E-state index in [1.807, 2.05) is 0 Å². The first-order valence-electron chi connectivity index (χ1n) is 21.7. The molecule has 0 aliphatic heterocycles. The zero-order valence-corrected chi connectivity index (χ0v) is 34.8. The quantitative estimate of drug-likeness (QED) is 0.141. The Kier molecular flexibility index (Phi) is 9.97. The Morgan fingerprint density at radius 2 is 0.587 bits per heavy atom. The molecule has 0 aliphatic rings. The summed E-state index contributed by atoms with van der Waals surface area (Å²) in [6, 6.07) is 94.6. The molecular weight excluding hydrogens is 759 g/mol. The first kappa shape index (κ1) is 37.7. The van der Waals surface area contributed by atoms with Crippen molar-refractivity contribution in [1.82, 2.24) is 0 Å². The summed E-state index contributed by atoms with van der Waals surface area (Å²) in [5, 5.41) is 5.02. The van der Waals surface area contributed by atoms with Gasteiger partial charge in [-0.1, -0.05) is 212 Å². The first-order valence-corrected chi connectivity index (χ1v) is 21.7. The lowest BCUT2D eigenvalue weighted by molar-refractivity contribution is 1.28. The lowest BCUT2D eigenvalue weighted by Crippen LogP contribution is -2.09. The van der Waals surface area contributed by atoms with E-state index in [0.717, 1.165) is 17.1 Å². The summed E-state index contributed by atoms with van der Waals surface area (Å²) >= 11 is 0. The molecule has 0 saturated heterocycles. The Bertz CT molecular complexity index is 3330. The van der Waals surface area contributed by atoms with Crippen molar-refractivity contribution in [2.75, 3.05) is 4.90 Å². The molecule has 11 aromatic rings. The minimum absolute atomic E-state index is 1.09. The van der Waals surface area contributed by atoms with E-state index in [4.69, 9.17) is 0 Å². The second-order valence-corrected chi connectivity index (χ2v) is 16.1. The summed E-state index contributed by atoms with van der Waals surface area (Å²) in [5.41, 5.74) is 17.7. The van der Waals surface area contributed by atoms with Crippen molar-refractivity contribution < 1.29 is 0 Å². The summed E-state index contributed by atoms with van der Waals surface area (Å²) in [7, 11) is 0. The van der Waals surface area contributed by atoms with Crippen LogP contribution in [0.2, 0.25) is 0 Å². The topological polar surface area (TPSA) is 3.24 Å². The van der Waals surface area contributed by atoms with E-state index in [0.29, 0.717) is 0 Å². The Labute approximate surface area is 369 Å². The van der Waals surface area contributed by atoms with Crippen molar-refractivity contribution in [3.05, 3.63) is 261 Å². The highest BCUT2D eigenvalue weighted by Crippen LogP contribution is 2.41. The van der Waals surface area contributed by atoms with E-state index < -0.39 is 0 Å². The molecule has 0 aliphatic carbocycles. The smallest absolute Gasteiger partial charge is 0.0462 e. The van der Waals surface area contributed by atoms with Gasteiger partial charge in [0.05, 0.1) is 0 Å². The second-order valence-electron chi connectivity index (χ2n) is 16.1. The summed E-state index contributed by atoms with van der Waals surface area (Å²) in [4.78, 5) is 2.36. The summed E-state index contributed by atoms with van der Waals surface area (Å²) in [6.07, 6.45) is 0. The third kappa shape index (κ3) is 7.58. The molecule has 1 nitrogen and oxygen atoms in total. The Hall–Kier alpha value is -8.26. The van der Waals surface area contributed by atoms with Crippen molar-refractivity contribution in [3.8, 4) is 66.8 Å². The van der Waals surface area contributed by atoms with Crippen LogP contribution in [0.1, 0.15) is 0 Å². The zero-order chi connectivity index (χ0) is 42.0. The van der Waals surface area contributed by atoms with Crippen molar-refractivity contribution in [2.24, 2.45) is 0 Å². The number of rotatable bonds is 9. The van der Waals surface area contributed by atoms with Gasteiger partial charge in [-0.05, 0) is 137 Å². The van der Waals surface area contributed by atoms with Gasteiger partial charge in [0.25, 0.3) is 0 Å². The normalized spacial score (nSPS) is 11.2. The molecule has 0 aromatic heterocycles.